The number of pyridine rings is 1. The highest BCUT2D eigenvalue weighted by molar-refractivity contribution is 5.91. The average molecular weight is 490 g/mol. The van der Waals surface area contributed by atoms with Crippen LogP contribution in [0.5, 0.6) is 11.6 Å². The zero-order valence-corrected chi connectivity index (χ0v) is 19.4. The van der Waals surface area contributed by atoms with Crippen molar-refractivity contribution in [1.82, 2.24) is 14.8 Å². The smallest absolute Gasteiger partial charge is 0.421 e. The second-order valence-electron chi connectivity index (χ2n) is 9.18. The third-order valence-electron chi connectivity index (χ3n) is 5.72. The van der Waals surface area contributed by atoms with Crippen molar-refractivity contribution in [2.75, 3.05) is 4.90 Å². The Morgan fingerprint density at radius 2 is 2.00 bits per heavy atom. The van der Waals surface area contributed by atoms with Gasteiger partial charge in [-0.15, -0.1) is 0 Å². The number of anilines is 1. The van der Waals surface area contributed by atoms with Gasteiger partial charge in [-0.25, -0.2) is 9.78 Å². The zero-order valence-electron chi connectivity index (χ0n) is 19.4. The van der Waals surface area contributed by atoms with Crippen LogP contribution in [0.4, 0.5) is 23.7 Å². The van der Waals surface area contributed by atoms with E-state index in [9.17, 15) is 28.2 Å². The molecule has 0 fully saturated rings. The Hall–Kier alpha value is -3.60. The van der Waals surface area contributed by atoms with E-state index >= 15 is 0 Å². The van der Waals surface area contributed by atoms with Crippen LogP contribution >= 0.6 is 0 Å². The molecule has 11 heteroatoms. The van der Waals surface area contributed by atoms with E-state index in [-0.39, 0.29) is 18.3 Å². The Kier molecular flexibility index (Phi) is 6.22. The predicted molar refractivity (Wildman–Crippen MR) is 122 cm³/mol. The standard InChI is InChI=1S/C24H25F3N4O4/c1-14-6-7-17-19(31(14)22(32)33)9-8-16(15-11-29-30(12-15)13-23(2,3)34)20(17)35-21-18(24(25,26)27)5-4-10-28-21/h4-5,8-12,14,34H,6-7,13H2,1-3H3,(H,32,33)/t14-/m0/s1. The fourth-order valence-corrected chi connectivity index (χ4v) is 4.21. The molecule has 0 saturated heterocycles. The first-order valence-electron chi connectivity index (χ1n) is 11.0. The van der Waals surface area contributed by atoms with Gasteiger partial charge in [-0.2, -0.15) is 18.3 Å². The van der Waals surface area contributed by atoms with Crippen molar-refractivity contribution in [3.63, 3.8) is 0 Å². The van der Waals surface area contributed by atoms with Crippen LogP contribution in [-0.2, 0) is 19.1 Å². The van der Waals surface area contributed by atoms with Gasteiger partial charge >= 0.3 is 12.3 Å². The van der Waals surface area contributed by atoms with Gasteiger partial charge in [0.05, 0.1) is 24.0 Å². The van der Waals surface area contributed by atoms with Crippen molar-refractivity contribution in [3.05, 3.63) is 54.0 Å². The van der Waals surface area contributed by atoms with E-state index in [0.717, 1.165) is 6.07 Å². The normalized spacial score (nSPS) is 16.2. The topological polar surface area (TPSA) is 101 Å². The molecule has 35 heavy (non-hydrogen) atoms. The average Bonchev–Trinajstić information content (AvgIpc) is 3.19. The van der Waals surface area contributed by atoms with Crippen LogP contribution < -0.4 is 9.64 Å². The van der Waals surface area contributed by atoms with E-state index in [2.05, 4.69) is 10.1 Å². The maximum Gasteiger partial charge on any atom is 0.421 e. The number of aliphatic hydroxyl groups is 1. The van der Waals surface area contributed by atoms with Gasteiger partial charge in [0, 0.05) is 35.1 Å². The molecule has 0 saturated carbocycles. The summed E-state index contributed by atoms with van der Waals surface area (Å²) in [5.74, 6) is -0.535. The highest BCUT2D eigenvalue weighted by Gasteiger charge is 2.37. The Morgan fingerprint density at radius 1 is 1.26 bits per heavy atom. The highest BCUT2D eigenvalue weighted by Crippen LogP contribution is 2.46. The van der Waals surface area contributed by atoms with Crippen molar-refractivity contribution in [2.45, 2.75) is 58.0 Å². The summed E-state index contributed by atoms with van der Waals surface area (Å²) < 4.78 is 48.3. The van der Waals surface area contributed by atoms with Crippen molar-refractivity contribution >= 4 is 11.8 Å². The molecule has 1 amide bonds. The van der Waals surface area contributed by atoms with Gasteiger partial charge in [-0.3, -0.25) is 9.58 Å². The molecule has 0 radical (unpaired) electrons. The summed E-state index contributed by atoms with van der Waals surface area (Å²) in [6.45, 7) is 5.22. The number of amides is 1. The largest absolute Gasteiger partial charge is 0.465 e. The lowest BCUT2D eigenvalue weighted by Gasteiger charge is -2.34. The quantitative estimate of drug-likeness (QED) is 0.500. The summed E-state index contributed by atoms with van der Waals surface area (Å²) >= 11 is 0. The van der Waals surface area contributed by atoms with Gasteiger partial charge in [-0.1, -0.05) is 0 Å². The lowest BCUT2D eigenvalue weighted by molar-refractivity contribution is -0.138. The van der Waals surface area contributed by atoms with E-state index in [0.29, 0.717) is 35.2 Å². The molecule has 1 aliphatic rings. The predicted octanol–water partition coefficient (Wildman–Crippen LogP) is 5.35. The van der Waals surface area contributed by atoms with Crippen molar-refractivity contribution in [3.8, 4) is 22.8 Å². The molecule has 3 aromatic rings. The Balaban J connectivity index is 1.88. The van der Waals surface area contributed by atoms with Gasteiger partial charge in [-0.05, 0) is 57.9 Å². The number of ether oxygens (including phenoxy) is 1. The minimum absolute atomic E-state index is 0.0904. The molecule has 0 unspecified atom stereocenters. The maximum atomic E-state index is 13.7. The minimum Gasteiger partial charge on any atom is -0.465 e. The van der Waals surface area contributed by atoms with Gasteiger partial charge < -0.3 is 14.9 Å². The molecule has 8 nitrogen and oxygen atoms in total. The van der Waals surface area contributed by atoms with E-state index in [1.54, 1.807) is 39.1 Å². The molecule has 2 N–H and O–H groups in total. The number of fused-ring (bicyclic) bond motifs is 1. The maximum absolute atomic E-state index is 13.7. The van der Waals surface area contributed by atoms with E-state index in [1.807, 2.05) is 0 Å². The molecule has 1 aromatic carbocycles. The van der Waals surface area contributed by atoms with Crippen LogP contribution in [0.3, 0.4) is 0 Å². The van der Waals surface area contributed by atoms with Gasteiger partial charge in [0.15, 0.2) is 0 Å². The number of carboxylic acid groups (broad SMARTS) is 1. The van der Waals surface area contributed by atoms with Gasteiger partial charge in [0.2, 0.25) is 5.88 Å². The fraction of sp³-hybridized carbons (Fsp3) is 0.375. The van der Waals surface area contributed by atoms with Crippen LogP contribution in [0.2, 0.25) is 0 Å². The third-order valence-corrected chi connectivity index (χ3v) is 5.72. The van der Waals surface area contributed by atoms with E-state index in [1.165, 1.54) is 28.0 Å². The first-order chi connectivity index (χ1) is 16.3. The molecule has 1 atom stereocenters. The number of aromatic nitrogens is 3. The summed E-state index contributed by atoms with van der Waals surface area (Å²) in [6, 6.07) is 4.96. The van der Waals surface area contributed by atoms with Crippen LogP contribution in [0.25, 0.3) is 11.1 Å². The lowest BCUT2D eigenvalue weighted by Crippen LogP contribution is -2.41. The molecule has 0 spiro atoms. The summed E-state index contributed by atoms with van der Waals surface area (Å²) in [5.41, 5.74) is -0.283. The molecular weight excluding hydrogens is 465 g/mol. The zero-order chi connectivity index (χ0) is 25.5. The number of nitrogens with zero attached hydrogens (tertiary/aromatic N) is 4. The van der Waals surface area contributed by atoms with Crippen LogP contribution in [0, 0.1) is 0 Å². The van der Waals surface area contributed by atoms with E-state index < -0.39 is 29.3 Å². The van der Waals surface area contributed by atoms with Gasteiger partial charge in [0.1, 0.15) is 11.3 Å². The summed E-state index contributed by atoms with van der Waals surface area (Å²) in [4.78, 5) is 17.0. The third kappa shape index (κ3) is 5.09. The number of alkyl halides is 3. The Bertz CT molecular complexity index is 1250. The van der Waals surface area contributed by atoms with Crippen molar-refractivity contribution in [1.29, 1.82) is 0 Å². The van der Waals surface area contributed by atoms with Crippen molar-refractivity contribution in [2.24, 2.45) is 0 Å². The SMILES string of the molecule is C[C@H]1CCc2c(ccc(-c3cnn(CC(C)(C)O)c3)c2Oc2ncccc2C(F)(F)F)N1C(=O)O. The van der Waals surface area contributed by atoms with Crippen LogP contribution in [0.1, 0.15) is 38.3 Å². The lowest BCUT2D eigenvalue weighted by atomic mass is 9.92. The molecule has 0 bridgehead atoms. The summed E-state index contributed by atoms with van der Waals surface area (Å²) in [7, 11) is 0. The second kappa shape index (κ2) is 8.88. The Morgan fingerprint density at radius 3 is 2.66 bits per heavy atom. The van der Waals surface area contributed by atoms with Crippen LogP contribution in [0.15, 0.2) is 42.9 Å². The van der Waals surface area contributed by atoms with E-state index in [4.69, 9.17) is 4.74 Å². The first-order valence-corrected chi connectivity index (χ1v) is 11.0. The summed E-state index contributed by atoms with van der Waals surface area (Å²) in [5, 5.41) is 24.1. The summed E-state index contributed by atoms with van der Waals surface area (Å²) in [6.07, 6.45) is -0.630. The molecule has 3 heterocycles. The molecule has 0 aliphatic carbocycles. The van der Waals surface area contributed by atoms with Gasteiger partial charge in [0.25, 0.3) is 0 Å². The molecule has 186 valence electrons. The molecular formula is C24H25F3N4O4. The number of benzene rings is 1. The number of rotatable bonds is 5. The van der Waals surface area contributed by atoms with Crippen LogP contribution in [-0.4, -0.2) is 42.7 Å². The number of carbonyl (C=O) groups is 1. The van der Waals surface area contributed by atoms with Crippen molar-refractivity contribution < 1.29 is 32.9 Å². The Labute approximate surface area is 199 Å². The number of hydrogen-bond donors (Lipinski definition) is 2. The fourth-order valence-electron chi connectivity index (χ4n) is 4.21. The first kappa shape index (κ1) is 24.5. The minimum atomic E-state index is -4.70. The number of hydrogen-bond acceptors (Lipinski definition) is 5. The number of halogens is 3. The highest BCUT2D eigenvalue weighted by atomic mass is 19.4. The molecule has 4 rings (SSSR count). The molecule has 1 aliphatic heterocycles. The second-order valence-corrected chi connectivity index (χ2v) is 9.18. The monoisotopic (exact) mass is 490 g/mol. The molecule has 2 aromatic heterocycles.